The van der Waals surface area contributed by atoms with Crippen molar-refractivity contribution in [1.29, 1.82) is 0 Å². The van der Waals surface area contributed by atoms with Gasteiger partial charge in [-0.3, -0.25) is 0 Å². The van der Waals surface area contributed by atoms with Gasteiger partial charge in [-0.05, 0) is 45.4 Å². The van der Waals surface area contributed by atoms with E-state index in [-0.39, 0.29) is 0 Å². The molecule has 1 aromatic heterocycles. The van der Waals surface area contributed by atoms with Crippen LogP contribution in [0.4, 0.5) is 0 Å². The van der Waals surface area contributed by atoms with Crippen molar-refractivity contribution in [2.45, 2.75) is 85.3 Å². The number of nitrogens with zero attached hydrogens (tertiary/aromatic N) is 2. The van der Waals surface area contributed by atoms with Gasteiger partial charge in [-0.25, -0.2) is 4.99 Å². The maximum Gasteiger partial charge on any atom is 0.191 e. The van der Waals surface area contributed by atoms with Gasteiger partial charge in [-0.1, -0.05) is 31.8 Å². The van der Waals surface area contributed by atoms with Crippen LogP contribution in [-0.4, -0.2) is 36.9 Å². The quantitative estimate of drug-likeness (QED) is 0.452. The third-order valence-corrected chi connectivity index (χ3v) is 5.37. The lowest BCUT2D eigenvalue weighted by atomic mass is 9.98. The predicted octanol–water partition coefficient (Wildman–Crippen LogP) is 3.84. The fourth-order valence-corrected chi connectivity index (χ4v) is 3.95. The second-order valence-corrected chi connectivity index (χ2v) is 7.19. The van der Waals surface area contributed by atoms with Crippen LogP contribution in [0.3, 0.4) is 0 Å². The monoisotopic (exact) mass is 378 g/mol. The number of guanidine groups is 1. The Hall–Kier alpha value is -1.56. The van der Waals surface area contributed by atoms with E-state index in [0.717, 1.165) is 67.9 Å². The Bertz CT molecular complexity index is 543. The van der Waals surface area contributed by atoms with Crippen molar-refractivity contribution in [2.24, 2.45) is 10.9 Å². The molecule has 0 saturated heterocycles. The van der Waals surface area contributed by atoms with Crippen molar-refractivity contribution in [1.82, 2.24) is 15.8 Å². The van der Waals surface area contributed by atoms with Crippen LogP contribution in [0, 0.1) is 5.92 Å². The molecule has 6 nitrogen and oxygen atoms in total. The van der Waals surface area contributed by atoms with Gasteiger partial charge in [-0.15, -0.1) is 0 Å². The number of aliphatic imine (C=N–C) groups is 1. The first-order chi connectivity index (χ1) is 13.2. The van der Waals surface area contributed by atoms with Crippen molar-refractivity contribution in [3.05, 3.63) is 17.0 Å². The highest BCUT2D eigenvalue weighted by Gasteiger charge is 2.25. The third kappa shape index (κ3) is 6.52. The van der Waals surface area contributed by atoms with Gasteiger partial charge in [0, 0.05) is 31.7 Å². The van der Waals surface area contributed by atoms with Crippen LogP contribution >= 0.6 is 0 Å². The molecule has 1 atom stereocenters. The Balaban J connectivity index is 1.92. The largest absolute Gasteiger partial charge is 0.378 e. The van der Waals surface area contributed by atoms with E-state index in [1.807, 2.05) is 0 Å². The molecular weight excluding hydrogens is 340 g/mol. The summed E-state index contributed by atoms with van der Waals surface area (Å²) < 4.78 is 11.5. The lowest BCUT2D eigenvalue weighted by Crippen LogP contribution is -2.39. The SMILES string of the molecule is CCNC(=NCc1c(CC)noc1CC)NCCC(OCC)C1CCCC1. The normalized spacial score (nSPS) is 16.7. The van der Waals surface area contributed by atoms with Gasteiger partial charge in [0.2, 0.25) is 0 Å². The second-order valence-electron chi connectivity index (χ2n) is 7.19. The highest BCUT2D eigenvalue weighted by Crippen LogP contribution is 2.30. The van der Waals surface area contributed by atoms with E-state index in [1.54, 1.807) is 0 Å². The molecule has 0 aliphatic heterocycles. The summed E-state index contributed by atoms with van der Waals surface area (Å²) in [5.41, 5.74) is 2.15. The van der Waals surface area contributed by atoms with Gasteiger partial charge in [-0.2, -0.15) is 0 Å². The third-order valence-electron chi connectivity index (χ3n) is 5.37. The minimum atomic E-state index is 0.365. The highest BCUT2D eigenvalue weighted by molar-refractivity contribution is 5.79. The minimum absolute atomic E-state index is 0.365. The molecule has 1 aromatic rings. The van der Waals surface area contributed by atoms with Crippen molar-refractivity contribution in [3.8, 4) is 0 Å². The zero-order valence-electron chi connectivity index (χ0n) is 17.6. The molecule has 2 N–H and O–H groups in total. The Labute approximate surface area is 164 Å². The summed E-state index contributed by atoms with van der Waals surface area (Å²) in [5, 5.41) is 11.0. The Morgan fingerprint density at radius 2 is 1.96 bits per heavy atom. The topological polar surface area (TPSA) is 71.7 Å². The zero-order chi connectivity index (χ0) is 19.5. The molecule has 0 radical (unpaired) electrons. The average Bonchev–Trinajstić information content (AvgIpc) is 3.34. The number of aryl methyl sites for hydroxylation is 2. The molecule has 6 heteroatoms. The maximum absolute atomic E-state index is 6.03. The van der Waals surface area contributed by atoms with Crippen molar-refractivity contribution < 1.29 is 9.26 Å². The summed E-state index contributed by atoms with van der Waals surface area (Å²) >= 11 is 0. The number of aromatic nitrogens is 1. The summed E-state index contributed by atoms with van der Waals surface area (Å²) in [6.45, 7) is 11.5. The molecule has 27 heavy (non-hydrogen) atoms. The predicted molar refractivity (Wildman–Crippen MR) is 110 cm³/mol. The Kier molecular flexibility index (Phi) is 9.67. The van der Waals surface area contributed by atoms with E-state index in [0.29, 0.717) is 12.6 Å². The molecule has 1 fully saturated rings. The van der Waals surface area contributed by atoms with Crippen LogP contribution in [0.15, 0.2) is 9.52 Å². The molecule has 0 spiro atoms. The number of hydrogen-bond acceptors (Lipinski definition) is 4. The van der Waals surface area contributed by atoms with Gasteiger partial charge in [0.25, 0.3) is 0 Å². The number of nitrogens with one attached hydrogen (secondary N) is 2. The highest BCUT2D eigenvalue weighted by atomic mass is 16.5. The van der Waals surface area contributed by atoms with E-state index >= 15 is 0 Å². The lowest BCUT2D eigenvalue weighted by Gasteiger charge is -2.24. The van der Waals surface area contributed by atoms with Gasteiger partial charge in [0.15, 0.2) is 5.96 Å². The van der Waals surface area contributed by atoms with Crippen molar-refractivity contribution in [3.63, 3.8) is 0 Å². The van der Waals surface area contributed by atoms with Crippen LogP contribution in [-0.2, 0) is 24.1 Å². The van der Waals surface area contributed by atoms with Crippen LogP contribution in [0.5, 0.6) is 0 Å². The summed E-state index contributed by atoms with van der Waals surface area (Å²) in [5.74, 6) is 2.52. The molecule has 1 aliphatic rings. The number of ether oxygens (including phenoxy) is 1. The van der Waals surface area contributed by atoms with Gasteiger partial charge >= 0.3 is 0 Å². The van der Waals surface area contributed by atoms with Gasteiger partial charge < -0.3 is 19.9 Å². The first kappa shape index (κ1) is 21.7. The molecule has 154 valence electrons. The maximum atomic E-state index is 6.03. The number of hydrogen-bond donors (Lipinski definition) is 2. The second kappa shape index (κ2) is 12.0. The molecule has 1 unspecified atom stereocenters. The first-order valence-corrected chi connectivity index (χ1v) is 10.8. The fourth-order valence-electron chi connectivity index (χ4n) is 3.95. The molecular formula is C21H38N4O2. The fraction of sp³-hybridized carbons (Fsp3) is 0.810. The molecule has 0 amide bonds. The van der Waals surface area contributed by atoms with Crippen molar-refractivity contribution >= 4 is 5.96 Å². The number of rotatable bonds is 11. The molecule has 1 saturated carbocycles. The molecule has 0 aromatic carbocycles. The van der Waals surface area contributed by atoms with Crippen LogP contribution in [0.2, 0.25) is 0 Å². The summed E-state index contributed by atoms with van der Waals surface area (Å²) in [6, 6.07) is 0. The molecule has 1 heterocycles. The van der Waals surface area contributed by atoms with E-state index in [2.05, 4.69) is 43.5 Å². The molecule has 2 rings (SSSR count). The Morgan fingerprint density at radius 1 is 1.19 bits per heavy atom. The summed E-state index contributed by atoms with van der Waals surface area (Å²) in [7, 11) is 0. The van der Waals surface area contributed by atoms with E-state index < -0.39 is 0 Å². The van der Waals surface area contributed by atoms with E-state index in [1.165, 1.54) is 25.7 Å². The summed E-state index contributed by atoms with van der Waals surface area (Å²) in [6.07, 6.45) is 8.43. The lowest BCUT2D eigenvalue weighted by molar-refractivity contribution is 0.0169. The standard InChI is InChI=1S/C21H38N4O2/c1-5-18-17(19(6-2)27-25-18)15-24-21(22-7-3)23-14-13-20(26-8-4)16-11-9-10-12-16/h16,20H,5-15H2,1-4H3,(H2,22,23,24). The molecule has 0 bridgehead atoms. The first-order valence-electron chi connectivity index (χ1n) is 10.8. The van der Waals surface area contributed by atoms with E-state index in [4.69, 9.17) is 14.3 Å². The van der Waals surface area contributed by atoms with E-state index in [9.17, 15) is 0 Å². The Morgan fingerprint density at radius 3 is 2.59 bits per heavy atom. The van der Waals surface area contributed by atoms with Crippen LogP contribution < -0.4 is 10.6 Å². The van der Waals surface area contributed by atoms with Gasteiger partial charge in [0.1, 0.15) is 5.76 Å². The summed E-state index contributed by atoms with van der Waals surface area (Å²) in [4.78, 5) is 4.77. The van der Waals surface area contributed by atoms with Gasteiger partial charge in [0.05, 0.1) is 18.3 Å². The minimum Gasteiger partial charge on any atom is -0.378 e. The van der Waals surface area contributed by atoms with Crippen LogP contribution in [0.1, 0.15) is 76.8 Å². The molecule has 1 aliphatic carbocycles. The zero-order valence-corrected chi connectivity index (χ0v) is 17.6. The average molecular weight is 379 g/mol. The van der Waals surface area contributed by atoms with Crippen LogP contribution in [0.25, 0.3) is 0 Å². The smallest absolute Gasteiger partial charge is 0.191 e. The van der Waals surface area contributed by atoms with Crippen molar-refractivity contribution in [2.75, 3.05) is 19.7 Å².